The van der Waals surface area contributed by atoms with Crippen LogP contribution in [-0.4, -0.2) is 25.3 Å². The first-order chi connectivity index (χ1) is 7.02. The largest absolute Gasteiger partial charge is 0.504 e. The van der Waals surface area contributed by atoms with Crippen molar-refractivity contribution >= 4 is 11.7 Å². The molecule has 0 amide bonds. The SMILES string of the molecule is COC(=O)c1cc(N)c(C)c(OC)c1O. The van der Waals surface area contributed by atoms with Crippen molar-refractivity contribution in [3.63, 3.8) is 0 Å². The molecule has 0 radical (unpaired) electrons. The van der Waals surface area contributed by atoms with Gasteiger partial charge in [-0.3, -0.25) is 0 Å². The highest BCUT2D eigenvalue weighted by Gasteiger charge is 2.19. The molecule has 5 nitrogen and oxygen atoms in total. The third kappa shape index (κ3) is 1.81. The normalized spacial score (nSPS) is 9.80. The molecule has 0 atom stereocenters. The van der Waals surface area contributed by atoms with Gasteiger partial charge in [0.25, 0.3) is 0 Å². The Hall–Kier alpha value is -1.91. The van der Waals surface area contributed by atoms with Gasteiger partial charge >= 0.3 is 5.97 Å². The molecule has 0 saturated carbocycles. The Bertz CT molecular complexity index is 401. The van der Waals surface area contributed by atoms with Crippen LogP contribution in [0.5, 0.6) is 11.5 Å². The quantitative estimate of drug-likeness (QED) is 0.434. The number of nitrogens with two attached hydrogens (primary N) is 1. The topological polar surface area (TPSA) is 81.8 Å². The minimum absolute atomic E-state index is 0.00236. The molecule has 0 heterocycles. The summed E-state index contributed by atoms with van der Waals surface area (Å²) in [7, 11) is 2.62. The third-order valence-electron chi connectivity index (χ3n) is 2.15. The number of nitrogen functional groups attached to an aromatic ring is 1. The molecule has 0 fully saturated rings. The molecule has 0 unspecified atom stereocenters. The fourth-order valence-electron chi connectivity index (χ4n) is 1.28. The summed E-state index contributed by atoms with van der Waals surface area (Å²) in [5, 5.41) is 9.71. The highest BCUT2D eigenvalue weighted by Crippen LogP contribution is 2.37. The van der Waals surface area contributed by atoms with E-state index < -0.39 is 5.97 Å². The van der Waals surface area contributed by atoms with Crippen molar-refractivity contribution in [2.24, 2.45) is 0 Å². The van der Waals surface area contributed by atoms with Crippen LogP contribution in [0, 0.1) is 6.92 Å². The molecule has 15 heavy (non-hydrogen) atoms. The number of hydrogen-bond donors (Lipinski definition) is 2. The zero-order chi connectivity index (χ0) is 11.6. The van der Waals surface area contributed by atoms with Gasteiger partial charge in [-0.15, -0.1) is 0 Å². The van der Waals surface area contributed by atoms with E-state index in [0.29, 0.717) is 11.3 Å². The van der Waals surface area contributed by atoms with Crippen molar-refractivity contribution in [3.8, 4) is 11.5 Å². The van der Waals surface area contributed by atoms with Gasteiger partial charge in [0.15, 0.2) is 11.5 Å². The number of carbonyl (C=O) groups is 1. The minimum atomic E-state index is -0.655. The molecule has 1 aromatic rings. The second-order valence-corrected chi connectivity index (χ2v) is 3.01. The summed E-state index contributed by atoms with van der Waals surface area (Å²) in [6.07, 6.45) is 0. The number of hydrogen-bond acceptors (Lipinski definition) is 5. The summed E-state index contributed by atoms with van der Waals surface area (Å²) in [6, 6.07) is 1.36. The standard InChI is InChI=1S/C10H13NO4/c1-5-7(11)4-6(10(13)15-3)8(12)9(5)14-2/h4,12H,11H2,1-3H3. The molecule has 82 valence electrons. The maximum absolute atomic E-state index is 11.3. The number of anilines is 1. The van der Waals surface area contributed by atoms with E-state index in [1.165, 1.54) is 20.3 Å². The molecule has 3 N–H and O–H groups in total. The van der Waals surface area contributed by atoms with Gasteiger partial charge in [-0.05, 0) is 13.0 Å². The molecule has 0 spiro atoms. The van der Waals surface area contributed by atoms with Gasteiger partial charge in [0, 0.05) is 11.3 Å². The summed E-state index contributed by atoms with van der Waals surface area (Å²) in [5.74, 6) is -0.719. The van der Waals surface area contributed by atoms with Crippen LogP contribution in [0.15, 0.2) is 6.07 Å². The first kappa shape index (κ1) is 11.2. The molecule has 0 saturated heterocycles. The second kappa shape index (κ2) is 4.08. The summed E-state index contributed by atoms with van der Waals surface area (Å²) < 4.78 is 9.46. The Morgan fingerprint density at radius 2 is 2.07 bits per heavy atom. The van der Waals surface area contributed by atoms with E-state index in [1.54, 1.807) is 6.92 Å². The van der Waals surface area contributed by atoms with Crippen molar-refractivity contribution in [2.75, 3.05) is 20.0 Å². The summed E-state index contributed by atoms with van der Waals surface area (Å²) in [6.45, 7) is 1.69. The lowest BCUT2D eigenvalue weighted by Crippen LogP contribution is -2.05. The molecular formula is C10H13NO4. The van der Waals surface area contributed by atoms with E-state index >= 15 is 0 Å². The lowest BCUT2D eigenvalue weighted by molar-refractivity contribution is 0.0597. The predicted molar refractivity (Wildman–Crippen MR) is 55.1 cm³/mol. The van der Waals surface area contributed by atoms with Crippen LogP contribution >= 0.6 is 0 Å². The van der Waals surface area contributed by atoms with Crippen LogP contribution in [0.3, 0.4) is 0 Å². The fraction of sp³-hybridized carbons (Fsp3) is 0.300. The van der Waals surface area contributed by atoms with Crippen LogP contribution in [0.2, 0.25) is 0 Å². The van der Waals surface area contributed by atoms with Crippen molar-refractivity contribution in [1.29, 1.82) is 0 Å². The molecule has 0 aliphatic heterocycles. The van der Waals surface area contributed by atoms with Crippen LogP contribution in [0.25, 0.3) is 0 Å². The van der Waals surface area contributed by atoms with Gasteiger partial charge in [-0.2, -0.15) is 0 Å². The molecule has 0 aliphatic rings. The van der Waals surface area contributed by atoms with E-state index in [2.05, 4.69) is 4.74 Å². The van der Waals surface area contributed by atoms with Crippen LogP contribution in [0.4, 0.5) is 5.69 Å². The molecule has 5 heteroatoms. The van der Waals surface area contributed by atoms with E-state index in [0.717, 1.165) is 0 Å². The van der Waals surface area contributed by atoms with Gasteiger partial charge in [-0.25, -0.2) is 4.79 Å². The Balaban J connectivity index is 3.43. The van der Waals surface area contributed by atoms with Gasteiger partial charge in [-0.1, -0.05) is 0 Å². The highest BCUT2D eigenvalue weighted by molar-refractivity contribution is 5.95. The molecule has 0 aromatic heterocycles. The Labute approximate surface area is 87.4 Å². The van der Waals surface area contributed by atoms with E-state index in [4.69, 9.17) is 10.5 Å². The maximum Gasteiger partial charge on any atom is 0.341 e. The van der Waals surface area contributed by atoms with Crippen LogP contribution in [0.1, 0.15) is 15.9 Å². The average Bonchev–Trinajstić information content (AvgIpc) is 2.23. The highest BCUT2D eigenvalue weighted by atomic mass is 16.5. The number of phenols is 1. The first-order valence-corrected chi connectivity index (χ1v) is 4.27. The van der Waals surface area contributed by atoms with Gasteiger partial charge in [0.05, 0.1) is 14.2 Å². The number of phenolic OH excluding ortho intramolecular Hbond substituents is 1. The third-order valence-corrected chi connectivity index (χ3v) is 2.15. The monoisotopic (exact) mass is 211 g/mol. The van der Waals surface area contributed by atoms with E-state index in [1.807, 2.05) is 0 Å². The molecule has 1 aromatic carbocycles. The molecule has 0 aliphatic carbocycles. The summed E-state index contributed by atoms with van der Waals surface area (Å²) >= 11 is 0. The predicted octanol–water partition coefficient (Wildman–Crippen LogP) is 1.08. The maximum atomic E-state index is 11.3. The molecule has 0 bridgehead atoms. The van der Waals surface area contributed by atoms with Crippen LogP contribution in [-0.2, 0) is 4.74 Å². The van der Waals surface area contributed by atoms with Crippen molar-refractivity contribution in [1.82, 2.24) is 0 Å². The Kier molecular flexibility index (Phi) is 3.04. The number of ether oxygens (including phenoxy) is 2. The van der Waals surface area contributed by atoms with Gasteiger partial charge in [0.1, 0.15) is 5.56 Å². The van der Waals surface area contributed by atoms with Gasteiger partial charge in [0.2, 0.25) is 0 Å². The number of methoxy groups -OCH3 is 2. The number of rotatable bonds is 2. The van der Waals surface area contributed by atoms with E-state index in [-0.39, 0.29) is 17.1 Å². The Morgan fingerprint density at radius 3 is 2.53 bits per heavy atom. The summed E-state index contributed by atoms with van der Waals surface area (Å²) in [5.41, 5.74) is 6.61. The fourth-order valence-corrected chi connectivity index (χ4v) is 1.28. The minimum Gasteiger partial charge on any atom is -0.504 e. The Morgan fingerprint density at radius 1 is 1.47 bits per heavy atom. The second-order valence-electron chi connectivity index (χ2n) is 3.01. The zero-order valence-corrected chi connectivity index (χ0v) is 8.83. The van der Waals surface area contributed by atoms with Crippen molar-refractivity contribution in [2.45, 2.75) is 6.92 Å². The van der Waals surface area contributed by atoms with Crippen molar-refractivity contribution in [3.05, 3.63) is 17.2 Å². The summed E-state index contributed by atoms with van der Waals surface area (Å²) in [4.78, 5) is 11.3. The lowest BCUT2D eigenvalue weighted by atomic mass is 10.1. The number of esters is 1. The smallest absolute Gasteiger partial charge is 0.341 e. The molecule has 1 rings (SSSR count). The van der Waals surface area contributed by atoms with Crippen LogP contribution < -0.4 is 10.5 Å². The number of carbonyl (C=O) groups excluding carboxylic acids is 1. The number of benzene rings is 1. The van der Waals surface area contributed by atoms with Gasteiger partial charge < -0.3 is 20.3 Å². The number of aromatic hydroxyl groups is 1. The van der Waals surface area contributed by atoms with E-state index in [9.17, 15) is 9.90 Å². The molecular weight excluding hydrogens is 198 g/mol. The zero-order valence-electron chi connectivity index (χ0n) is 8.83. The average molecular weight is 211 g/mol. The first-order valence-electron chi connectivity index (χ1n) is 4.27. The van der Waals surface area contributed by atoms with Crippen molar-refractivity contribution < 1.29 is 19.4 Å². The lowest BCUT2D eigenvalue weighted by Gasteiger charge is -2.12.